The third-order valence-electron chi connectivity index (χ3n) is 1.65. The molecule has 0 aromatic carbocycles. The number of hydrogen-bond acceptors (Lipinski definition) is 4. The predicted octanol–water partition coefficient (Wildman–Crippen LogP) is 3.08. The van der Waals surface area contributed by atoms with E-state index in [0.29, 0.717) is 0 Å². The molecule has 1 unspecified atom stereocenters. The van der Waals surface area contributed by atoms with Gasteiger partial charge in [0.25, 0.3) is 0 Å². The predicted molar refractivity (Wildman–Crippen MR) is 62.2 cm³/mol. The number of alkyl halides is 1. The zero-order valence-corrected chi connectivity index (χ0v) is 10.4. The van der Waals surface area contributed by atoms with E-state index in [2.05, 4.69) is 15.3 Å². The second kappa shape index (κ2) is 6.56. The van der Waals surface area contributed by atoms with Crippen molar-refractivity contribution in [2.45, 2.75) is 19.5 Å². The highest BCUT2D eigenvalue weighted by molar-refractivity contribution is 6.32. The number of rotatable bonds is 4. The molecular formula is C9H10Cl2FN3O2. The van der Waals surface area contributed by atoms with Crippen LogP contribution in [-0.2, 0) is 4.74 Å². The van der Waals surface area contributed by atoms with Crippen LogP contribution < -0.4 is 5.32 Å². The van der Waals surface area contributed by atoms with E-state index in [1.807, 2.05) is 0 Å². The molecule has 0 fully saturated rings. The second-order valence-corrected chi connectivity index (χ2v) is 3.90. The largest absolute Gasteiger partial charge is 0.449 e. The van der Waals surface area contributed by atoms with Crippen LogP contribution in [-0.4, -0.2) is 28.8 Å². The molecule has 0 aliphatic carbocycles. The summed E-state index contributed by atoms with van der Waals surface area (Å²) in [5.41, 5.74) is 0. The maximum atomic E-state index is 12.4. The standard InChI is InChI=1S/C9H10Cl2FN3O2/c1-5(12)2-3-17-9(16)15-7-4-6(10)13-8(11)14-7/h4-5H,2-3H2,1H3,(H,13,14,15,16). The summed E-state index contributed by atoms with van der Waals surface area (Å²) in [6.45, 7) is 1.36. The number of hydrogen-bond donors (Lipinski definition) is 1. The van der Waals surface area contributed by atoms with Crippen LogP contribution in [0.15, 0.2) is 6.07 Å². The Labute approximate surface area is 107 Å². The van der Waals surface area contributed by atoms with Gasteiger partial charge < -0.3 is 4.74 Å². The van der Waals surface area contributed by atoms with Crippen LogP contribution >= 0.6 is 23.2 Å². The van der Waals surface area contributed by atoms with Crippen molar-refractivity contribution >= 4 is 35.1 Å². The topological polar surface area (TPSA) is 64.1 Å². The van der Waals surface area contributed by atoms with E-state index in [-0.39, 0.29) is 29.3 Å². The first-order valence-corrected chi connectivity index (χ1v) is 5.51. The average molecular weight is 282 g/mol. The molecule has 0 bridgehead atoms. The van der Waals surface area contributed by atoms with Gasteiger partial charge >= 0.3 is 6.09 Å². The van der Waals surface area contributed by atoms with Crippen LogP contribution in [0.25, 0.3) is 0 Å². The smallest absolute Gasteiger partial charge is 0.412 e. The molecule has 1 aromatic rings. The number of nitrogens with zero attached hydrogens (tertiary/aromatic N) is 2. The lowest BCUT2D eigenvalue weighted by molar-refractivity contribution is 0.149. The Hall–Kier alpha value is -1.14. The number of nitrogens with one attached hydrogen (secondary N) is 1. The van der Waals surface area contributed by atoms with Crippen molar-refractivity contribution in [3.8, 4) is 0 Å². The van der Waals surface area contributed by atoms with Gasteiger partial charge in [-0.3, -0.25) is 5.32 Å². The highest BCUT2D eigenvalue weighted by Gasteiger charge is 2.07. The molecule has 1 N–H and O–H groups in total. The molecule has 1 rings (SSSR count). The summed E-state index contributed by atoms with van der Waals surface area (Å²) in [4.78, 5) is 18.5. The monoisotopic (exact) mass is 281 g/mol. The summed E-state index contributed by atoms with van der Waals surface area (Å²) in [5.74, 6) is 0.119. The molecule has 5 nitrogen and oxygen atoms in total. The molecule has 1 aromatic heterocycles. The maximum absolute atomic E-state index is 12.4. The van der Waals surface area contributed by atoms with Crippen LogP contribution in [0.4, 0.5) is 15.0 Å². The zero-order valence-electron chi connectivity index (χ0n) is 8.91. The summed E-state index contributed by atoms with van der Waals surface area (Å²) in [5, 5.41) is 2.30. The first-order valence-electron chi connectivity index (χ1n) is 4.75. The Morgan fingerprint density at radius 2 is 2.29 bits per heavy atom. The Kier molecular flexibility index (Phi) is 5.37. The van der Waals surface area contributed by atoms with Crippen LogP contribution in [0.1, 0.15) is 13.3 Å². The molecule has 0 aliphatic heterocycles. The van der Waals surface area contributed by atoms with Gasteiger partial charge in [-0.2, -0.15) is 0 Å². The van der Waals surface area contributed by atoms with Gasteiger partial charge in [-0.25, -0.2) is 19.2 Å². The second-order valence-electron chi connectivity index (χ2n) is 3.18. The maximum Gasteiger partial charge on any atom is 0.412 e. The van der Waals surface area contributed by atoms with E-state index in [1.165, 1.54) is 13.0 Å². The molecule has 1 amide bonds. The number of ether oxygens (including phenoxy) is 1. The van der Waals surface area contributed by atoms with Crippen LogP contribution in [0.5, 0.6) is 0 Å². The fourth-order valence-corrected chi connectivity index (χ4v) is 1.32. The van der Waals surface area contributed by atoms with Crippen molar-refractivity contribution in [1.82, 2.24) is 9.97 Å². The Morgan fingerprint density at radius 1 is 1.59 bits per heavy atom. The Balaban J connectivity index is 2.45. The van der Waals surface area contributed by atoms with Crippen molar-refractivity contribution in [2.24, 2.45) is 0 Å². The highest BCUT2D eigenvalue weighted by Crippen LogP contribution is 2.14. The van der Waals surface area contributed by atoms with Crippen molar-refractivity contribution in [1.29, 1.82) is 0 Å². The Morgan fingerprint density at radius 3 is 2.88 bits per heavy atom. The third-order valence-corrected chi connectivity index (χ3v) is 2.01. The van der Waals surface area contributed by atoms with E-state index in [4.69, 9.17) is 27.9 Å². The van der Waals surface area contributed by atoms with E-state index in [0.717, 1.165) is 0 Å². The summed E-state index contributed by atoms with van der Waals surface area (Å²) < 4.78 is 17.1. The van der Waals surface area contributed by atoms with Gasteiger partial charge in [0.05, 0.1) is 6.61 Å². The van der Waals surface area contributed by atoms with E-state index in [9.17, 15) is 9.18 Å². The van der Waals surface area contributed by atoms with Crippen molar-refractivity contribution in [2.75, 3.05) is 11.9 Å². The lowest BCUT2D eigenvalue weighted by atomic mass is 10.3. The van der Waals surface area contributed by atoms with Crippen LogP contribution in [0, 0.1) is 0 Å². The van der Waals surface area contributed by atoms with Gasteiger partial charge in [0.1, 0.15) is 17.1 Å². The summed E-state index contributed by atoms with van der Waals surface area (Å²) in [7, 11) is 0. The fraction of sp³-hybridized carbons (Fsp3) is 0.444. The first kappa shape index (κ1) is 13.9. The minimum absolute atomic E-state index is 0.0178. The molecule has 0 saturated carbocycles. The molecule has 0 radical (unpaired) electrons. The van der Waals surface area contributed by atoms with E-state index < -0.39 is 12.3 Å². The summed E-state index contributed by atoms with van der Waals surface area (Å²) >= 11 is 11.1. The molecule has 0 aliphatic rings. The number of aromatic nitrogens is 2. The van der Waals surface area contributed by atoms with Gasteiger partial charge in [0.2, 0.25) is 5.28 Å². The average Bonchev–Trinajstić information content (AvgIpc) is 2.14. The van der Waals surface area contributed by atoms with E-state index >= 15 is 0 Å². The van der Waals surface area contributed by atoms with Crippen molar-refractivity contribution in [3.63, 3.8) is 0 Å². The lowest BCUT2D eigenvalue weighted by Gasteiger charge is -2.06. The SMILES string of the molecule is CC(F)CCOC(=O)Nc1cc(Cl)nc(Cl)n1. The molecule has 0 spiro atoms. The zero-order chi connectivity index (χ0) is 12.8. The van der Waals surface area contributed by atoms with E-state index in [1.54, 1.807) is 0 Å². The van der Waals surface area contributed by atoms with Crippen LogP contribution in [0.2, 0.25) is 10.4 Å². The van der Waals surface area contributed by atoms with Gasteiger partial charge in [0, 0.05) is 12.5 Å². The molecule has 0 saturated heterocycles. The van der Waals surface area contributed by atoms with Gasteiger partial charge in [-0.05, 0) is 18.5 Å². The van der Waals surface area contributed by atoms with Gasteiger partial charge in [-0.1, -0.05) is 11.6 Å². The normalized spacial score (nSPS) is 12.0. The number of carbonyl (C=O) groups is 1. The molecule has 17 heavy (non-hydrogen) atoms. The van der Waals surface area contributed by atoms with Crippen molar-refractivity contribution < 1.29 is 13.9 Å². The third kappa shape index (κ3) is 5.65. The van der Waals surface area contributed by atoms with Crippen LogP contribution in [0.3, 0.4) is 0 Å². The number of carbonyl (C=O) groups excluding carboxylic acids is 1. The quantitative estimate of drug-likeness (QED) is 0.680. The lowest BCUT2D eigenvalue weighted by Crippen LogP contribution is -2.16. The van der Waals surface area contributed by atoms with Gasteiger partial charge in [0.15, 0.2) is 0 Å². The molecule has 94 valence electrons. The fourth-order valence-electron chi connectivity index (χ4n) is 0.909. The van der Waals surface area contributed by atoms with Crippen molar-refractivity contribution in [3.05, 3.63) is 16.5 Å². The number of anilines is 1. The highest BCUT2D eigenvalue weighted by atomic mass is 35.5. The molecule has 1 heterocycles. The van der Waals surface area contributed by atoms with Gasteiger partial charge in [-0.15, -0.1) is 0 Å². The summed E-state index contributed by atoms with van der Waals surface area (Å²) in [6, 6.07) is 1.31. The number of amides is 1. The minimum atomic E-state index is -1.02. The number of halogens is 3. The minimum Gasteiger partial charge on any atom is -0.449 e. The molecule has 8 heteroatoms. The summed E-state index contributed by atoms with van der Waals surface area (Å²) in [6.07, 6.45) is -1.64. The first-order chi connectivity index (χ1) is 7.97. The Bertz CT molecular complexity index is 384. The molecule has 1 atom stereocenters. The molecular weight excluding hydrogens is 272 g/mol.